The second-order valence-electron chi connectivity index (χ2n) is 28.0. The molecule has 14 atom stereocenters. The quantitative estimate of drug-likeness (QED) is 0.0149. The SMILES string of the molecule is CCCC(N[C@H](O)C(CCC)N[C@@H](O)CCC(N)C(=O)N[C@@H](CCC)C(=O)NC(CCC)[C@@H](O)NCCCN1Cc2cc([C@@H](O)N(C)Cc3nc4ccccc4[nH]3)ccc2N[C@@H](CC(=O)OC)[C@H]1O)C(=O)NCCCN1Cc2cc([C@H](O)N(C)Cc3nc4ccccc4[nH]3)ccc2N[C@H](CC(=O)OC)[C@@H]1O. The summed E-state index contributed by atoms with van der Waals surface area (Å²) in [6.07, 6.45) is -3.68. The summed E-state index contributed by atoms with van der Waals surface area (Å²) in [5.41, 5.74) is 14.0. The van der Waals surface area contributed by atoms with Crippen LogP contribution in [-0.2, 0) is 59.6 Å². The van der Waals surface area contributed by atoms with Gasteiger partial charge in [0.25, 0.3) is 0 Å². The van der Waals surface area contributed by atoms with Crippen molar-refractivity contribution in [1.29, 1.82) is 0 Å². The molecule has 584 valence electrons. The van der Waals surface area contributed by atoms with Crippen molar-refractivity contribution in [3.8, 4) is 0 Å². The number of benzene rings is 4. The zero-order chi connectivity index (χ0) is 76.6. The molecule has 0 saturated heterocycles. The molecule has 106 heavy (non-hydrogen) atoms. The van der Waals surface area contributed by atoms with Crippen molar-refractivity contribution in [2.75, 3.05) is 65.1 Å². The molecular weight excluding hydrogens is 1360 g/mol. The third-order valence-electron chi connectivity index (χ3n) is 19.6. The number of nitrogens with one attached hydrogen (secondary N) is 10. The largest absolute Gasteiger partial charge is 0.469 e. The number of para-hydroxylation sites is 4. The molecule has 0 spiro atoms. The maximum atomic E-state index is 14.0. The van der Waals surface area contributed by atoms with E-state index in [0.29, 0.717) is 118 Å². The number of H-pyrrole nitrogens is 2. The fourth-order valence-electron chi connectivity index (χ4n) is 13.7. The van der Waals surface area contributed by atoms with Gasteiger partial charge in [-0.25, -0.2) is 9.97 Å². The van der Waals surface area contributed by atoms with E-state index in [4.69, 9.17) is 15.2 Å². The zero-order valence-corrected chi connectivity index (χ0v) is 62.5. The van der Waals surface area contributed by atoms with E-state index in [2.05, 4.69) is 62.5 Å². The Morgan fingerprint density at radius 1 is 0.575 bits per heavy atom. The summed E-state index contributed by atoms with van der Waals surface area (Å²) in [5.74, 6) is -1.13. The zero-order valence-electron chi connectivity index (χ0n) is 62.5. The summed E-state index contributed by atoms with van der Waals surface area (Å²) >= 11 is 0. The fraction of sp³-hybridized carbons (Fsp3) is 0.587. The molecule has 2 aromatic heterocycles. The van der Waals surface area contributed by atoms with Gasteiger partial charge in [-0.15, -0.1) is 0 Å². The lowest BCUT2D eigenvalue weighted by atomic mass is 10.0. The topological polar surface area (TPSA) is 438 Å². The number of aromatic nitrogens is 4. The Bertz CT molecular complexity index is 3690. The Kier molecular flexibility index (Phi) is 32.8. The number of aliphatic hydroxyl groups excluding tert-OH is 7. The van der Waals surface area contributed by atoms with Crippen molar-refractivity contribution in [3.05, 3.63) is 119 Å². The second-order valence-corrected chi connectivity index (χ2v) is 28.0. The number of imidazole rings is 2. The number of methoxy groups -OCH3 is 2. The summed E-state index contributed by atoms with van der Waals surface area (Å²) in [6.45, 7) is 9.88. The predicted molar refractivity (Wildman–Crippen MR) is 402 cm³/mol. The number of carbonyl (C=O) groups is 5. The number of esters is 2. The molecule has 4 heterocycles. The van der Waals surface area contributed by atoms with Gasteiger partial charge < -0.3 is 87.5 Å². The number of rotatable bonds is 43. The standard InChI is InChI=1S/C75H115N17O14/c1-9-19-56(68(97)77-33-17-35-91-41-47-37-45(27-30-50(47)79-60(74(91)103)39-65(94)105-7)72(101)89(5)43-62-81-52-23-13-14-24-53(52)82-62)87-70(99)58(21-11-3)85-64(93)32-29-49(76)67(96)86-59(22-12-4)71(100)88-57(20-10-2)69(98)78-34-18-36-92-42-48-38-46(28-31-51(48)80-61(75(92)104)40-66(95)106-8)73(102)90(6)44-63-83-54-25-15-16-26-55(54)84-63/h13-16,23-28,30-31,37-38,49,56-61,64,69-70,72-75,78-80,85,87,93,98-99,101-104H,9-12,17-22,29,32-36,39-44,76H2,1-8H3,(H,77,97)(H,81,82)(H,83,84)(H,86,96)(H,88,100)/t49?,56?,57?,58?,59-,60+,61-,64-,69+,70+,72-,73+,74-,75+/m0/s1. The number of hydrogen-bond donors (Lipinski definition) is 18. The number of aliphatic hydroxyl groups is 7. The molecule has 4 unspecified atom stereocenters. The van der Waals surface area contributed by atoms with Crippen LogP contribution < -0.4 is 48.3 Å². The van der Waals surface area contributed by atoms with Crippen molar-refractivity contribution in [2.45, 2.75) is 230 Å². The van der Waals surface area contributed by atoms with Gasteiger partial charge in [0, 0.05) is 50.1 Å². The van der Waals surface area contributed by atoms with Gasteiger partial charge in [-0.1, -0.05) is 89.8 Å². The number of hydrogen-bond acceptors (Lipinski definition) is 26. The summed E-state index contributed by atoms with van der Waals surface area (Å²) in [5, 5.41) is 106. The van der Waals surface area contributed by atoms with Crippen LogP contribution in [0.3, 0.4) is 0 Å². The Morgan fingerprint density at radius 2 is 1.06 bits per heavy atom. The number of ether oxygens (including phenoxy) is 2. The summed E-state index contributed by atoms with van der Waals surface area (Å²) in [4.78, 5) is 89.8. The minimum Gasteiger partial charge on any atom is -0.469 e. The molecule has 2 aliphatic heterocycles. The van der Waals surface area contributed by atoms with E-state index in [0.717, 1.165) is 33.2 Å². The third-order valence-corrected chi connectivity index (χ3v) is 19.6. The molecule has 19 N–H and O–H groups in total. The summed E-state index contributed by atoms with van der Waals surface area (Å²) < 4.78 is 9.95. The minimum atomic E-state index is -1.29. The van der Waals surface area contributed by atoms with Gasteiger partial charge in [0.15, 0.2) is 0 Å². The van der Waals surface area contributed by atoms with Gasteiger partial charge in [-0.05, 0) is 143 Å². The van der Waals surface area contributed by atoms with Crippen molar-refractivity contribution in [3.63, 3.8) is 0 Å². The number of nitrogens with two attached hydrogens (primary N) is 1. The van der Waals surface area contributed by atoms with Gasteiger partial charge in [0.2, 0.25) is 17.7 Å². The normalized spacial score (nSPS) is 19.2. The molecule has 3 amide bonds. The highest BCUT2D eigenvalue weighted by molar-refractivity contribution is 5.90. The van der Waals surface area contributed by atoms with E-state index < -0.39 is 110 Å². The van der Waals surface area contributed by atoms with Crippen LogP contribution in [0.1, 0.15) is 164 Å². The molecule has 0 saturated carbocycles. The van der Waals surface area contributed by atoms with E-state index in [9.17, 15) is 59.7 Å². The first-order valence-corrected chi connectivity index (χ1v) is 37.3. The predicted octanol–water partition coefficient (Wildman–Crippen LogP) is 2.98. The second kappa shape index (κ2) is 41.5. The van der Waals surface area contributed by atoms with Gasteiger partial charge in [-0.2, -0.15) is 0 Å². The number of anilines is 2. The van der Waals surface area contributed by atoms with Crippen LogP contribution in [0.2, 0.25) is 0 Å². The highest BCUT2D eigenvalue weighted by atomic mass is 16.5. The maximum Gasteiger partial charge on any atom is 0.307 e. The Balaban J connectivity index is 0.782. The molecular formula is C75H115N17O14. The van der Waals surface area contributed by atoms with Crippen molar-refractivity contribution in [1.82, 2.24) is 71.4 Å². The molecule has 31 nitrogen and oxygen atoms in total. The molecule has 2 aliphatic rings. The molecule has 8 rings (SSSR count). The van der Waals surface area contributed by atoms with E-state index in [-0.39, 0.29) is 64.2 Å². The molecule has 4 aromatic carbocycles. The molecule has 31 heteroatoms. The Morgan fingerprint density at radius 3 is 1.55 bits per heavy atom. The van der Waals surface area contributed by atoms with Crippen LogP contribution in [0, 0.1) is 0 Å². The van der Waals surface area contributed by atoms with Gasteiger partial charge >= 0.3 is 11.9 Å². The minimum absolute atomic E-state index is 0.00243. The monoisotopic (exact) mass is 1480 g/mol. The lowest BCUT2D eigenvalue weighted by Crippen LogP contribution is -2.57. The number of nitrogens with zero attached hydrogens (tertiary/aromatic N) is 6. The number of aromatic amines is 2. The van der Waals surface area contributed by atoms with E-state index in [1.165, 1.54) is 14.2 Å². The lowest BCUT2D eigenvalue weighted by molar-refractivity contribution is -0.143. The van der Waals surface area contributed by atoms with Crippen LogP contribution in [-0.4, -0.2) is 233 Å². The van der Waals surface area contributed by atoms with E-state index in [1.807, 2.05) is 105 Å². The van der Waals surface area contributed by atoms with Crippen LogP contribution >= 0.6 is 0 Å². The van der Waals surface area contributed by atoms with Crippen molar-refractivity contribution >= 4 is 63.1 Å². The van der Waals surface area contributed by atoms with Gasteiger partial charge in [0.05, 0.1) is 92.4 Å². The summed E-state index contributed by atoms with van der Waals surface area (Å²) in [6, 6.07) is 20.4. The van der Waals surface area contributed by atoms with E-state index in [1.54, 1.807) is 40.9 Å². The maximum absolute atomic E-state index is 14.0. The number of carbonyl (C=O) groups excluding carboxylic acids is 5. The molecule has 0 aliphatic carbocycles. The van der Waals surface area contributed by atoms with Crippen LogP contribution in [0.4, 0.5) is 11.4 Å². The molecule has 0 bridgehead atoms. The first kappa shape index (κ1) is 83.8. The first-order chi connectivity index (χ1) is 50.9. The first-order valence-electron chi connectivity index (χ1n) is 37.3. The Labute approximate surface area is 620 Å². The fourth-order valence-corrected chi connectivity index (χ4v) is 13.7. The third kappa shape index (κ3) is 23.8. The molecule has 0 fully saturated rings. The average Bonchev–Trinajstić information content (AvgIpc) is 1.67. The van der Waals surface area contributed by atoms with Gasteiger partial charge in [-0.3, -0.25) is 59.5 Å². The Hall–Kier alpha value is -7.83. The van der Waals surface area contributed by atoms with Crippen LogP contribution in [0.15, 0.2) is 84.9 Å². The highest BCUT2D eigenvalue weighted by Gasteiger charge is 2.36. The molecule has 6 aromatic rings. The van der Waals surface area contributed by atoms with Crippen LogP contribution in [0.5, 0.6) is 0 Å². The lowest BCUT2D eigenvalue weighted by Gasteiger charge is -2.31. The average molecular weight is 1480 g/mol. The molecule has 0 radical (unpaired) electrons. The van der Waals surface area contributed by atoms with Crippen molar-refractivity contribution < 1.29 is 69.2 Å². The van der Waals surface area contributed by atoms with Gasteiger partial charge in [0.1, 0.15) is 61.3 Å². The number of fused-ring (bicyclic) bond motifs is 4. The number of amides is 3. The van der Waals surface area contributed by atoms with Crippen LogP contribution in [0.25, 0.3) is 22.1 Å². The van der Waals surface area contributed by atoms with Crippen molar-refractivity contribution in [2.24, 2.45) is 5.73 Å². The smallest absolute Gasteiger partial charge is 0.307 e. The highest BCUT2D eigenvalue weighted by Crippen LogP contribution is 2.33. The summed E-state index contributed by atoms with van der Waals surface area (Å²) in [7, 11) is 6.16. The van der Waals surface area contributed by atoms with E-state index >= 15 is 0 Å².